The summed E-state index contributed by atoms with van der Waals surface area (Å²) in [6.45, 7) is 6.11. The van der Waals surface area contributed by atoms with Gasteiger partial charge >= 0.3 is 0 Å². The predicted molar refractivity (Wildman–Crippen MR) is 56.0 cm³/mol. The molecule has 0 amide bonds. The molecule has 78 valence electrons. The Balaban J connectivity index is 3.14. The van der Waals surface area contributed by atoms with E-state index in [9.17, 15) is 8.42 Å². The van der Waals surface area contributed by atoms with Gasteiger partial charge in [-0.05, 0) is 12.1 Å². The number of aromatic nitrogens is 1. The minimum atomic E-state index is -3.13. The first-order valence-electron chi connectivity index (χ1n) is 4.38. The van der Waals surface area contributed by atoms with Crippen LogP contribution in [0.1, 0.15) is 26.5 Å². The fourth-order valence-electron chi connectivity index (χ4n) is 1.04. The molecule has 0 aliphatic rings. The molecule has 0 spiro atoms. The van der Waals surface area contributed by atoms with Gasteiger partial charge in [-0.2, -0.15) is 0 Å². The summed E-state index contributed by atoms with van der Waals surface area (Å²) in [4.78, 5) is 4.41. The molecule has 1 heterocycles. The van der Waals surface area contributed by atoms with E-state index in [0.717, 1.165) is 5.69 Å². The number of hydrogen-bond acceptors (Lipinski definition) is 3. The summed E-state index contributed by atoms with van der Waals surface area (Å²) in [5.41, 5.74) is 0.848. The Morgan fingerprint density at radius 2 is 1.79 bits per heavy atom. The van der Waals surface area contributed by atoms with Crippen LogP contribution >= 0.6 is 0 Å². The van der Waals surface area contributed by atoms with Gasteiger partial charge in [0.05, 0.1) is 4.90 Å². The molecule has 1 aromatic rings. The van der Waals surface area contributed by atoms with Gasteiger partial charge in [-0.3, -0.25) is 4.98 Å². The first-order valence-corrected chi connectivity index (χ1v) is 6.27. The van der Waals surface area contributed by atoms with Gasteiger partial charge < -0.3 is 0 Å². The molecular formula is C10H15NO2S. The molecule has 0 unspecified atom stereocenters. The van der Waals surface area contributed by atoms with Crippen molar-refractivity contribution in [3.63, 3.8) is 0 Å². The highest BCUT2D eigenvalue weighted by molar-refractivity contribution is 7.90. The maximum absolute atomic E-state index is 11.2. The van der Waals surface area contributed by atoms with Crippen molar-refractivity contribution < 1.29 is 8.42 Å². The second-order valence-corrected chi connectivity index (χ2v) is 6.42. The molecular weight excluding hydrogens is 198 g/mol. The van der Waals surface area contributed by atoms with Crippen molar-refractivity contribution in [3.05, 3.63) is 24.0 Å². The van der Waals surface area contributed by atoms with Crippen molar-refractivity contribution in [1.82, 2.24) is 4.98 Å². The fourth-order valence-corrected chi connectivity index (χ4v) is 1.60. The molecule has 0 fully saturated rings. The maximum atomic E-state index is 11.2. The van der Waals surface area contributed by atoms with Crippen molar-refractivity contribution in [2.45, 2.75) is 31.1 Å². The lowest BCUT2D eigenvalue weighted by Crippen LogP contribution is -2.13. The second kappa shape index (κ2) is 3.35. The van der Waals surface area contributed by atoms with E-state index in [1.165, 1.54) is 12.5 Å². The van der Waals surface area contributed by atoms with E-state index in [2.05, 4.69) is 4.98 Å². The lowest BCUT2D eigenvalue weighted by Gasteiger charge is -2.17. The molecule has 4 heteroatoms. The molecule has 0 aromatic carbocycles. The number of rotatable bonds is 1. The average Bonchev–Trinajstić information content (AvgIpc) is 2.01. The Morgan fingerprint density at radius 3 is 2.07 bits per heavy atom. The fraction of sp³-hybridized carbons (Fsp3) is 0.500. The second-order valence-electron chi connectivity index (χ2n) is 4.40. The molecule has 1 rings (SSSR count). The Morgan fingerprint density at radius 1 is 1.21 bits per heavy atom. The molecule has 14 heavy (non-hydrogen) atoms. The summed E-state index contributed by atoms with van der Waals surface area (Å²) in [6.07, 6.45) is 2.59. The van der Waals surface area contributed by atoms with E-state index < -0.39 is 9.84 Å². The van der Waals surface area contributed by atoms with Gasteiger partial charge in [0.15, 0.2) is 9.84 Å². The van der Waals surface area contributed by atoms with Crippen molar-refractivity contribution >= 4 is 9.84 Å². The Bertz CT molecular complexity index is 412. The smallest absolute Gasteiger partial charge is 0.177 e. The molecule has 1 aromatic heterocycles. The Kier molecular flexibility index (Phi) is 2.67. The minimum absolute atomic E-state index is 0.0456. The monoisotopic (exact) mass is 213 g/mol. The standard InChI is InChI=1S/C10H15NO2S/c1-10(2,3)9-6-5-8(7-11-9)14(4,12)13/h5-7H,1-4H3. The molecule has 0 radical (unpaired) electrons. The van der Waals surface area contributed by atoms with Crippen molar-refractivity contribution in [2.75, 3.05) is 6.26 Å². The highest BCUT2D eigenvalue weighted by Crippen LogP contribution is 2.20. The first-order chi connectivity index (χ1) is 6.21. The van der Waals surface area contributed by atoms with E-state index in [1.807, 2.05) is 20.8 Å². The van der Waals surface area contributed by atoms with Gasteiger partial charge in [-0.15, -0.1) is 0 Å². The average molecular weight is 213 g/mol. The Hall–Kier alpha value is -0.900. The zero-order valence-electron chi connectivity index (χ0n) is 8.90. The zero-order chi connectivity index (χ0) is 11.0. The third kappa shape index (κ3) is 2.54. The van der Waals surface area contributed by atoms with Crippen LogP contribution in [0.3, 0.4) is 0 Å². The summed E-state index contributed by atoms with van der Waals surface area (Å²) in [5, 5.41) is 0. The minimum Gasteiger partial charge on any atom is -0.259 e. The normalized spacial score (nSPS) is 12.9. The van der Waals surface area contributed by atoms with Crippen LogP contribution in [-0.2, 0) is 15.3 Å². The van der Waals surface area contributed by atoms with Gasteiger partial charge in [0.1, 0.15) is 0 Å². The van der Waals surface area contributed by atoms with Gasteiger partial charge in [0.25, 0.3) is 0 Å². The van der Waals surface area contributed by atoms with E-state index in [-0.39, 0.29) is 10.3 Å². The van der Waals surface area contributed by atoms with Gasteiger partial charge in [0, 0.05) is 23.6 Å². The molecule has 0 aliphatic carbocycles. The summed E-state index contributed by atoms with van der Waals surface area (Å²) >= 11 is 0. The van der Waals surface area contributed by atoms with E-state index in [4.69, 9.17) is 0 Å². The van der Waals surface area contributed by atoms with E-state index >= 15 is 0 Å². The van der Waals surface area contributed by atoms with Crippen LogP contribution in [-0.4, -0.2) is 19.7 Å². The summed E-state index contributed by atoms with van der Waals surface area (Å²) in [6, 6.07) is 3.36. The van der Waals surface area contributed by atoms with Crippen LogP contribution in [0.25, 0.3) is 0 Å². The number of nitrogens with zero attached hydrogens (tertiary/aromatic N) is 1. The molecule has 0 saturated carbocycles. The van der Waals surface area contributed by atoms with Crippen LogP contribution in [0, 0.1) is 0 Å². The molecule has 0 saturated heterocycles. The van der Waals surface area contributed by atoms with Crippen molar-refractivity contribution in [2.24, 2.45) is 0 Å². The topological polar surface area (TPSA) is 47.0 Å². The zero-order valence-corrected chi connectivity index (χ0v) is 9.72. The summed E-state index contributed by atoms with van der Waals surface area (Å²) in [5.74, 6) is 0. The van der Waals surface area contributed by atoms with Crippen LogP contribution in [0.5, 0.6) is 0 Å². The third-order valence-corrected chi connectivity index (χ3v) is 3.03. The highest BCUT2D eigenvalue weighted by atomic mass is 32.2. The maximum Gasteiger partial charge on any atom is 0.177 e. The number of hydrogen-bond donors (Lipinski definition) is 0. The predicted octanol–water partition coefficient (Wildman–Crippen LogP) is 1.78. The molecule has 0 bridgehead atoms. The van der Waals surface area contributed by atoms with E-state index in [1.54, 1.807) is 12.1 Å². The Labute approximate surface area is 85.1 Å². The van der Waals surface area contributed by atoms with Crippen molar-refractivity contribution in [3.8, 4) is 0 Å². The van der Waals surface area contributed by atoms with Crippen LogP contribution in [0.2, 0.25) is 0 Å². The molecule has 3 nitrogen and oxygen atoms in total. The van der Waals surface area contributed by atoms with E-state index in [0.29, 0.717) is 0 Å². The summed E-state index contributed by atoms with van der Waals surface area (Å²) < 4.78 is 22.3. The van der Waals surface area contributed by atoms with Crippen LogP contribution in [0.15, 0.2) is 23.2 Å². The number of pyridine rings is 1. The molecule has 0 atom stereocenters. The van der Waals surface area contributed by atoms with Gasteiger partial charge in [0.2, 0.25) is 0 Å². The van der Waals surface area contributed by atoms with Gasteiger partial charge in [-0.1, -0.05) is 20.8 Å². The van der Waals surface area contributed by atoms with Crippen molar-refractivity contribution in [1.29, 1.82) is 0 Å². The molecule has 0 N–H and O–H groups in total. The van der Waals surface area contributed by atoms with Crippen LogP contribution < -0.4 is 0 Å². The lowest BCUT2D eigenvalue weighted by atomic mass is 9.92. The highest BCUT2D eigenvalue weighted by Gasteiger charge is 2.16. The lowest BCUT2D eigenvalue weighted by molar-refractivity contribution is 0.566. The first kappa shape index (κ1) is 11.2. The van der Waals surface area contributed by atoms with Gasteiger partial charge in [-0.25, -0.2) is 8.42 Å². The third-order valence-electron chi connectivity index (χ3n) is 1.93. The summed E-state index contributed by atoms with van der Waals surface area (Å²) in [7, 11) is -3.13. The number of sulfone groups is 1. The molecule has 0 aliphatic heterocycles. The largest absolute Gasteiger partial charge is 0.259 e. The van der Waals surface area contributed by atoms with Crippen LogP contribution in [0.4, 0.5) is 0 Å². The SMILES string of the molecule is CC(C)(C)c1ccc(S(C)(=O)=O)cn1. The quantitative estimate of drug-likeness (QED) is 0.714.